The van der Waals surface area contributed by atoms with E-state index in [0.717, 1.165) is 5.56 Å². The average Bonchev–Trinajstić information content (AvgIpc) is 2.69. The van der Waals surface area contributed by atoms with Gasteiger partial charge in [-0.1, -0.05) is 30.3 Å². The number of nitrogens with one attached hydrogen (secondary N) is 1. The monoisotopic (exact) mass is 363 g/mol. The highest BCUT2D eigenvalue weighted by Gasteiger charge is 2.08. The minimum absolute atomic E-state index is 0.149. The molecule has 0 saturated carbocycles. The fourth-order valence-electron chi connectivity index (χ4n) is 2.52. The summed E-state index contributed by atoms with van der Waals surface area (Å²) in [6.07, 6.45) is 0.553. The van der Waals surface area contributed by atoms with Gasteiger partial charge in [0.1, 0.15) is 11.6 Å². The van der Waals surface area contributed by atoms with Crippen LogP contribution in [0, 0.1) is 5.82 Å². The molecule has 0 aromatic heterocycles. The van der Waals surface area contributed by atoms with E-state index in [4.69, 9.17) is 4.74 Å². The van der Waals surface area contributed by atoms with Gasteiger partial charge in [-0.05, 0) is 60.5 Å². The van der Waals surface area contributed by atoms with Crippen LogP contribution in [-0.2, 0) is 11.2 Å². The van der Waals surface area contributed by atoms with E-state index in [2.05, 4.69) is 5.32 Å². The first-order valence-electron chi connectivity index (χ1n) is 8.52. The van der Waals surface area contributed by atoms with Gasteiger partial charge < -0.3 is 10.1 Å². The van der Waals surface area contributed by atoms with E-state index < -0.39 is 5.97 Å². The summed E-state index contributed by atoms with van der Waals surface area (Å²) < 4.78 is 18.4. The smallest absolute Gasteiger partial charge is 0.311 e. The van der Waals surface area contributed by atoms with Crippen LogP contribution in [0.4, 0.5) is 10.1 Å². The number of rotatable bonds is 6. The summed E-state index contributed by atoms with van der Waals surface area (Å²) in [5.41, 5.74) is 1.90. The standard InChI is InChI=1S/C22H18FNO3/c23-18-8-4-5-16(15-18)9-14-21(25)27-20-12-10-19(11-13-20)24-22(26)17-6-2-1-3-7-17/h1-8,10-13,15H,9,14H2,(H,24,26). The lowest BCUT2D eigenvalue weighted by Crippen LogP contribution is -2.12. The number of hydrogen-bond donors (Lipinski definition) is 1. The molecule has 27 heavy (non-hydrogen) atoms. The molecule has 4 nitrogen and oxygen atoms in total. The molecule has 136 valence electrons. The van der Waals surface area contributed by atoms with Crippen molar-refractivity contribution in [3.05, 3.63) is 95.8 Å². The molecule has 0 fully saturated rings. The second-order valence-electron chi connectivity index (χ2n) is 5.95. The number of carbonyl (C=O) groups excluding carboxylic acids is 2. The minimum Gasteiger partial charge on any atom is -0.427 e. The van der Waals surface area contributed by atoms with Gasteiger partial charge in [-0.15, -0.1) is 0 Å². The van der Waals surface area contributed by atoms with E-state index >= 15 is 0 Å². The fraction of sp³-hybridized carbons (Fsp3) is 0.0909. The Kier molecular flexibility index (Phi) is 5.94. The van der Waals surface area contributed by atoms with E-state index in [0.29, 0.717) is 23.4 Å². The molecular formula is C22H18FNO3. The molecule has 0 unspecified atom stereocenters. The predicted octanol–water partition coefficient (Wildman–Crippen LogP) is 4.62. The van der Waals surface area contributed by atoms with Crippen LogP contribution in [0.25, 0.3) is 0 Å². The Morgan fingerprint density at radius 2 is 1.63 bits per heavy atom. The largest absolute Gasteiger partial charge is 0.427 e. The van der Waals surface area contributed by atoms with Crippen LogP contribution in [0.3, 0.4) is 0 Å². The maximum absolute atomic E-state index is 13.1. The number of esters is 1. The summed E-state index contributed by atoms with van der Waals surface area (Å²) in [4.78, 5) is 24.0. The normalized spacial score (nSPS) is 10.3. The van der Waals surface area contributed by atoms with Gasteiger partial charge in [0.15, 0.2) is 0 Å². The molecule has 3 rings (SSSR count). The van der Waals surface area contributed by atoms with Crippen molar-refractivity contribution in [2.45, 2.75) is 12.8 Å². The molecule has 3 aromatic rings. The van der Waals surface area contributed by atoms with Crippen molar-refractivity contribution in [1.29, 1.82) is 0 Å². The Labute approximate surface area is 156 Å². The summed E-state index contributed by atoms with van der Waals surface area (Å²) >= 11 is 0. The number of aryl methyl sites for hydroxylation is 1. The summed E-state index contributed by atoms with van der Waals surface area (Å²) in [6, 6.07) is 21.6. The van der Waals surface area contributed by atoms with Gasteiger partial charge in [0.2, 0.25) is 0 Å². The van der Waals surface area contributed by atoms with Gasteiger partial charge in [0, 0.05) is 17.7 Å². The van der Waals surface area contributed by atoms with Gasteiger partial charge in [-0.3, -0.25) is 9.59 Å². The third kappa shape index (κ3) is 5.51. The van der Waals surface area contributed by atoms with Crippen LogP contribution >= 0.6 is 0 Å². The van der Waals surface area contributed by atoms with Crippen molar-refractivity contribution >= 4 is 17.6 Å². The molecule has 1 amide bonds. The molecule has 0 radical (unpaired) electrons. The molecule has 0 heterocycles. The minimum atomic E-state index is -0.402. The van der Waals surface area contributed by atoms with Crippen LogP contribution in [0.1, 0.15) is 22.3 Å². The first-order valence-corrected chi connectivity index (χ1v) is 8.52. The zero-order valence-electron chi connectivity index (χ0n) is 14.5. The second-order valence-corrected chi connectivity index (χ2v) is 5.95. The number of carbonyl (C=O) groups is 2. The SMILES string of the molecule is O=C(CCc1cccc(F)c1)Oc1ccc(NC(=O)c2ccccc2)cc1. The van der Waals surface area contributed by atoms with Crippen molar-refractivity contribution in [2.75, 3.05) is 5.32 Å². The van der Waals surface area contributed by atoms with Crippen LogP contribution < -0.4 is 10.1 Å². The zero-order valence-corrected chi connectivity index (χ0v) is 14.5. The van der Waals surface area contributed by atoms with Gasteiger partial charge in [0.05, 0.1) is 0 Å². The van der Waals surface area contributed by atoms with Crippen molar-refractivity contribution in [3.63, 3.8) is 0 Å². The third-order valence-corrected chi connectivity index (χ3v) is 3.89. The summed E-state index contributed by atoms with van der Waals surface area (Å²) in [5, 5.41) is 2.78. The summed E-state index contributed by atoms with van der Waals surface area (Å²) in [7, 11) is 0. The molecule has 5 heteroatoms. The molecule has 0 saturated heterocycles. The Hall–Kier alpha value is -3.47. The molecule has 0 aliphatic heterocycles. The quantitative estimate of drug-likeness (QED) is 0.514. The number of ether oxygens (including phenoxy) is 1. The predicted molar refractivity (Wildman–Crippen MR) is 101 cm³/mol. The molecule has 0 aliphatic carbocycles. The molecule has 3 aromatic carbocycles. The number of amides is 1. The molecule has 0 spiro atoms. The van der Waals surface area contributed by atoms with Crippen molar-refractivity contribution in [3.8, 4) is 5.75 Å². The number of halogens is 1. The lowest BCUT2D eigenvalue weighted by Gasteiger charge is -2.08. The van der Waals surface area contributed by atoms with Gasteiger partial charge in [-0.25, -0.2) is 4.39 Å². The molecule has 1 N–H and O–H groups in total. The zero-order chi connectivity index (χ0) is 19.1. The van der Waals surface area contributed by atoms with Crippen LogP contribution in [0.2, 0.25) is 0 Å². The van der Waals surface area contributed by atoms with Gasteiger partial charge >= 0.3 is 5.97 Å². The Balaban J connectivity index is 1.51. The third-order valence-electron chi connectivity index (χ3n) is 3.89. The Morgan fingerprint density at radius 3 is 2.33 bits per heavy atom. The van der Waals surface area contributed by atoms with Gasteiger partial charge in [-0.2, -0.15) is 0 Å². The molecule has 0 aliphatic rings. The number of anilines is 1. The highest BCUT2D eigenvalue weighted by Crippen LogP contribution is 2.17. The van der Waals surface area contributed by atoms with E-state index in [9.17, 15) is 14.0 Å². The van der Waals surface area contributed by atoms with Crippen molar-refractivity contribution in [1.82, 2.24) is 0 Å². The van der Waals surface area contributed by atoms with Crippen LogP contribution in [0.5, 0.6) is 5.75 Å². The number of benzene rings is 3. The van der Waals surface area contributed by atoms with E-state index in [1.165, 1.54) is 12.1 Å². The summed E-state index contributed by atoms with van der Waals surface area (Å²) in [6.45, 7) is 0. The highest BCUT2D eigenvalue weighted by atomic mass is 19.1. The van der Waals surface area contributed by atoms with E-state index in [1.54, 1.807) is 60.7 Å². The maximum atomic E-state index is 13.1. The van der Waals surface area contributed by atoms with Crippen molar-refractivity contribution < 1.29 is 18.7 Å². The van der Waals surface area contributed by atoms with Crippen molar-refractivity contribution in [2.24, 2.45) is 0 Å². The molecule has 0 bridgehead atoms. The Bertz CT molecular complexity index is 924. The lowest BCUT2D eigenvalue weighted by molar-refractivity contribution is -0.134. The topological polar surface area (TPSA) is 55.4 Å². The van der Waals surface area contributed by atoms with E-state index in [1.807, 2.05) is 6.07 Å². The van der Waals surface area contributed by atoms with E-state index in [-0.39, 0.29) is 18.1 Å². The lowest BCUT2D eigenvalue weighted by atomic mass is 10.1. The first kappa shape index (κ1) is 18.3. The van der Waals surface area contributed by atoms with Gasteiger partial charge in [0.25, 0.3) is 5.91 Å². The molecule has 0 atom stereocenters. The first-order chi connectivity index (χ1) is 13.1. The van der Waals surface area contributed by atoms with Crippen LogP contribution in [-0.4, -0.2) is 11.9 Å². The fourth-order valence-corrected chi connectivity index (χ4v) is 2.52. The van der Waals surface area contributed by atoms with Crippen LogP contribution in [0.15, 0.2) is 78.9 Å². The number of hydrogen-bond acceptors (Lipinski definition) is 3. The Morgan fingerprint density at radius 1 is 0.889 bits per heavy atom. The average molecular weight is 363 g/mol. The second kappa shape index (κ2) is 8.76. The maximum Gasteiger partial charge on any atom is 0.311 e. The highest BCUT2D eigenvalue weighted by molar-refractivity contribution is 6.04. The molecular weight excluding hydrogens is 345 g/mol. The summed E-state index contributed by atoms with van der Waals surface area (Å²) in [5.74, 6) is -0.554.